The molecule has 0 radical (unpaired) electrons. The van der Waals surface area contributed by atoms with Gasteiger partial charge in [-0.25, -0.2) is 4.98 Å². The van der Waals surface area contributed by atoms with Crippen LogP contribution < -0.4 is 5.73 Å². The molecule has 0 spiro atoms. The van der Waals surface area contributed by atoms with Gasteiger partial charge in [0.05, 0.1) is 16.0 Å². The van der Waals surface area contributed by atoms with Gasteiger partial charge in [-0.05, 0) is 0 Å². The normalized spacial score (nSPS) is 11.6. The van der Waals surface area contributed by atoms with Gasteiger partial charge in [-0.1, -0.05) is 16.9 Å². The number of aryl methyl sites for hydroxylation is 1. The van der Waals surface area contributed by atoms with Crippen LogP contribution in [0.2, 0.25) is 0 Å². The minimum Gasteiger partial charge on any atom is -0.409 e. The van der Waals surface area contributed by atoms with Crippen molar-refractivity contribution in [2.75, 3.05) is 0 Å². The van der Waals surface area contributed by atoms with Gasteiger partial charge < -0.3 is 10.9 Å². The fourth-order valence-electron chi connectivity index (χ4n) is 1.41. The van der Waals surface area contributed by atoms with Gasteiger partial charge in [-0.2, -0.15) is 5.10 Å². The molecule has 0 aliphatic heterocycles. The van der Waals surface area contributed by atoms with Gasteiger partial charge in [0, 0.05) is 31.1 Å². The van der Waals surface area contributed by atoms with Gasteiger partial charge in [-0.3, -0.25) is 14.8 Å². The summed E-state index contributed by atoms with van der Waals surface area (Å²) >= 11 is 1.11. The van der Waals surface area contributed by atoms with Crippen LogP contribution in [0, 0.1) is 10.1 Å². The van der Waals surface area contributed by atoms with Crippen molar-refractivity contribution in [3.8, 4) is 0 Å². The summed E-state index contributed by atoms with van der Waals surface area (Å²) in [5, 5.41) is 26.6. The molecule has 10 heteroatoms. The molecule has 0 amide bonds. The lowest BCUT2D eigenvalue weighted by molar-refractivity contribution is -0.388. The minimum absolute atomic E-state index is 0.176. The van der Waals surface area contributed by atoms with Crippen LogP contribution >= 0.6 is 11.8 Å². The summed E-state index contributed by atoms with van der Waals surface area (Å²) in [7, 11) is 1.74. The van der Waals surface area contributed by atoms with Crippen molar-refractivity contribution in [1.82, 2.24) is 14.8 Å². The summed E-state index contributed by atoms with van der Waals surface area (Å²) in [5.74, 6) is -0.237. The second-order valence-electron chi connectivity index (χ2n) is 3.74. The third-order valence-corrected chi connectivity index (χ3v) is 3.28. The molecule has 0 aliphatic rings. The Morgan fingerprint density at radius 1 is 1.60 bits per heavy atom. The zero-order chi connectivity index (χ0) is 14.7. The fraction of sp³-hybridized carbons (Fsp3) is 0.100. The first kappa shape index (κ1) is 13.8. The number of nitrogens with two attached hydrogens (primary N) is 1. The van der Waals surface area contributed by atoms with E-state index in [1.165, 1.54) is 12.3 Å². The highest BCUT2D eigenvalue weighted by Crippen LogP contribution is 2.32. The fourth-order valence-corrected chi connectivity index (χ4v) is 2.28. The van der Waals surface area contributed by atoms with Gasteiger partial charge in [0.2, 0.25) is 0 Å². The molecule has 0 saturated carbocycles. The Balaban J connectivity index is 2.40. The molecule has 0 unspecified atom stereocenters. The van der Waals surface area contributed by atoms with Gasteiger partial charge >= 0.3 is 5.69 Å². The molecule has 2 rings (SSSR count). The number of amidine groups is 1. The standard InChI is InChI=1S/C10H10N6O3S/c1-15-5-7(4-13-15)20-10-8(16(18)19)2-6(3-12-10)9(11)14-17/h2-5,17H,1H3,(H2,11,14). The quantitative estimate of drug-likeness (QED) is 0.282. The van der Waals surface area contributed by atoms with E-state index in [9.17, 15) is 10.1 Å². The highest BCUT2D eigenvalue weighted by atomic mass is 32.2. The third-order valence-electron chi connectivity index (χ3n) is 2.33. The highest BCUT2D eigenvalue weighted by molar-refractivity contribution is 7.99. The van der Waals surface area contributed by atoms with Crippen molar-refractivity contribution < 1.29 is 10.1 Å². The molecular formula is C10H10N6O3S. The highest BCUT2D eigenvalue weighted by Gasteiger charge is 2.19. The Morgan fingerprint density at radius 3 is 2.90 bits per heavy atom. The first-order valence-electron chi connectivity index (χ1n) is 5.30. The van der Waals surface area contributed by atoms with Crippen LogP contribution in [0.5, 0.6) is 0 Å². The first-order valence-corrected chi connectivity index (χ1v) is 6.11. The molecule has 2 aromatic heterocycles. The predicted molar refractivity (Wildman–Crippen MR) is 70.7 cm³/mol. The van der Waals surface area contributed by atoms with E-state index in [1.54, 1.807) is 24.1 Å². The van der Waals surface area contributed by atoms with E-state index in [-0.39, 0.29) is 22.1 Å². The maximum atomic E-state index is 11.1. The lowest BCUT2D eigenvalue weighted by Crippen LogP contribution is -2.14. The van der Waals surface area contributed by atoms with Crippen molar-refractivity contribution in [3.05, 3.63) is 40.3 Å². The zero-order valence-corrected chi connectivity index (χ0v) is 11.1. The Morgan fingerprint density at radius 2 is 2.35 bits per heavy atom. The SMILES string of the molecule is Cn1cc(Sc2ncc(/C(N)=N/O)cc2[N+](=O)[O-])cn1. The smallest absolute Gasteiger partial charge is 0.302 e. The van der Waals surface area contributed by atoms with Gasteiger partial charge in [-0.15, -0.1) is 0 Å². The van der Waals surface area contributed by atoms with Crippen molar-refractivity contribution in [2.45, 2.75) is 9.92 Å². The maximum absolute atomic E-state index is 11.1. The average Bonchev–Trinajstić information content (AvgIpc) is 2.83. The van der Waals surface area contributed by atoms with Crippen LogP contribution in [0.4, 0.5) is 5.69 Å². The Labute approximate surface area is 117 Å². The summed E-state index contributed by atoms with van der Waals surface area (Å²) in [6.07, 6.45) is 4.60. The summed E-state index contributed by atoms with van der Waals surface area (Å²) in [5.41, 5.74) is 5.34. The van der Waals surface area contributed by atoms with E-state index in [0.29, 0.717) is 0 Å². The van der Waals surface area contributed by atoms with Crippen LogP contribution in [-0.4, -0.2) is 30.7 Å². The van der Waals surface area contributed by atoms with E-state index in [1.807, 2.05) is 0 Å². The molecular weight excluding hydrogens is 284 g/mol. The van der Waals surface area contributed by atoms with Crippen LogP contribution in [0.1, 0.15) is 5.56 Å². The number of oxime groups is 1. The van der Waals surface area contributed by atoms with E-state index in [2.05, 4.69) is 15.2 Å². The lowest BCUT2D eigenvalue weighted by Gasteiger charge is -2.02. The summed E-state index contributed by atoms with van der Waals surface area (Å²) in [6, 6.07) is 1.21. The average molecular weight is 294 g/mol. The van der Waals surface area contributed by atoms with Crippen molar-refractivity contribution in [3.63, 3.8) is 0 Å². The maximum Gasteiger partial charge on any atom is 0.302 e. The molecule has 0 saturated heterocycles. The lowest BCUT2D eigenvalue weighted by atomic mass is 10.2. The van der Waals surface area contributed by atoms with Crippen molar-refractivity contribution in [1.29, 1.82) is 0 Å². The molecule has 0 aliphatic carbocycles. The summed E-state index contributed by atoms with van der Waals surface area (Å²) in [6.45, 7) is 0. The molecule has 0 bridgehead atoms. The molecule has 20 heavy (non-hydrogen) atoms. The number of nitrogens with zero attached hydrogens (tertiary/aromatic N) is 5. The predicted octanol–water partition coefficient (Wildman–Crippen LogP) is 0.969. The zero-order valence-electron chi connectivity index (χ0n) is 10.3. The number of hydrogen-bond acceptors (Lipinski definition) is 7. The summed E-state index contributed by atoms with van der Waals surface area (Å²) in [4.78, 5) is 15.2. The molecule has 2 heterocycles. The van der Waals surface area contributed by atoms with Crippen LogP contribution in [0.3, 0.4) is 0 Å². The monoisotopic (exact) mass is 294 g/mol. The topological polar surface area (TPSA) is 132 Å². The van der Waals surface area contributed by atoms with E-state index >= 15 is 0 Å². The van der Waals surface area contributed by atoms with Gasteiger partial charge in [0.15, 0.2) is 10.9 Å². The van der Waals surface area contributed by atoms with E-state index in [4.69, 9.17) is 10.9 Å². The second-order valence-corrected chi connectivity index (χ2v) is 4.80. The van der Waals surface area contributed by atoms with Gasteiger partial charge in [0.25, 0.3) is 0 Å². The van der Waals surface area contributed by atoms with E-state index in [0.717, 1.165) is 16.7 Å². The number of hydrogen-bond donors (Lipinski definition) is 2. The van der Waals surface area contributed by atoms with Crippen molar-refractivity contribution >= 4 is 23.3 Å². The number of pyridine rings is 1. The molecule has 2 aromatic rings. The molecule has 0 fully saturated rings. The second kappa shape index (κ2) is 5.57. The number of rotatable bonds is 4. The largest absolute Gasteiger partial charge is 0.409 e. The number of aromatic nitrogens is 3. The number of nitro groups is 1. The van der Waals surface area contributed by atoms with Crippen LogP contribution in [-0.2, 0) is 7.05 Å². The molecule has 3 N–H and O–H groups in total. The van der Waals surface area contributed by atoms with Crippen molar-refractivity contribution in [2.24, 2.45) is 17.9 Å². The Kier molecular flexibility index (Phi) is 3.84. The minimum atomic E-state index is -0.570. The van der Waals surface area contributed by atoms with Crippen LogP contribution in [0.15, 0.2) is 39.7 Å². The van der Waals surface area contributed by atoms with Gasteiger partial charge in [0.1, 0.15) is 0 Å². The molecule has 0 aromatic carbocycles. The summed E-state index contributed by atoms with van der Waals surface area (Å²) < 4.78 is 1.58. The molecule has 0 atom stereocenters. The first-order chi connectivity index (χ1) is 9.51. The Hall–Kier alpha value is -2.62. The molecule has 104 valence electrons. The van der Waals surface area contributed by atoms with E-state index < -0.39 is 4.92 Å². The van der Waals surface area contributed by atoms with Crippen LogP contribution in [0.25, 0.3) is 0 Å². The molecule has 9 nitrogen and oxygen atoms in total. The third kappa shape index (κ3) is 2.85. The Bertz CT molecular complexity index is 683.